The fraction of sp³-hybridized carbons (Fsp3) is 1.00. The number of ether oxygens (including phenoxy) is 3. The third-order valence-corrected chi connectivity index (χ3v) is 4.30. The van der Waals surface area contributed by atoms with Crippen molar-refractivity contribution >= 4 is 0 Å². The Morgan fingerprint density at radius 1 is 1.08 bits per heavy atom. The van der Waals surface area contributed by atoms with Crippen molar-refractivity contribution in [2.24, 2.45) is 0 Å². The Morgan fingerprint density at radius 2 is 1.62 bits per heavy atom. The third-order valence-electron chi connectivity index (χ3n) is 4.30. The molecule has 0 N–H and O–H groups in total. The van der Waals surface area contributed by atoms with E-state index in [-0.39, 0.29) is 13.0 Å². The van der Waals surface area contributed by atoms with Gasteiger partial charge >= 0.3 is 12.2 Å². The van der Waals surface area contributed by atoms with E-state index in [9.17, 15) is 22.0 Å². The number of alkyl halides is 5. The molecule has 0 aromatic rings. The molecule has 5 unspecified atom stereocenters. The summed E-state index contributed by atoms with van der Waals surface area (Å²) in [4.78, 5) is 0.404. The second-order valence-corrected chi connectivity index (χ2v) is 6.23. The molecule has 4 nitrogen and oxygen atoms in total. The summed E-state index contributed by atoms with van der Waals surface area (Å²) in [5, 5.41) is 0. The van der Waals surface area contributed by atoms with Crippen molar-refractivity contribution in [3.8, 4) is 0 Å². The molecule has 1 fully saturated rings. The summed E-state index contributed by atoms with van der Waals surface area (Å²) in [5.74, 6) is -3.48. The van der Waals surface area contributed by atoms with Crippen molar-refractivity contribution in [1.29, 1.82) is 0 Å². The maximum absolute atomic E-state index is 14.8. The molecule has 1 saturated heterocycles. The van der Waals surface area contributed by atoms with E-state index in [4.69, 9.17) is 4.74 Å². The second-order valence-electron chi connectivity index (χ2n) is 6.23. The van der Waals surface area contributed by atoms with Gasteiger partial charge in [0.2, 0.25) is 0 Å². The first-order valence-electron chi connectivity index (χ1n) is 7.95. The highest BCUT2D eigenvalue weighted by Crippen LogP contribution is 2.62. The van der Waals surface area contributed by atoms with E-state index < -0.39 is 42.4 Å². The molecule has 1 rings (SSSR count). The van der Waals surface area contributed by atoms with Crippen LogP contribution in [0.3, 0.4) is 0 Å². The number of likely N-dealkylation sites (N-methyl/N-ethyl adjacent to an activating group) is 1. The lowest BCUT2D eigenvalue weighted by Gasteiger charge is -2.27. The minimum absolute atomic E-state index is 0.211. The first kappa shape index (κ1) is 21.5. The van der Waals surface area contributed by atoms with E-state index in [0.29, 0.717) is 4.90 Å². The fourth-order valence-electron chi connectivity index (χ4n) is 2.60. The predicted octanol–water partition coefficient (Wildman–Crippen LogP) is 4.15. The number of halogens is 5. The minimum atomic E-state index is -4.30. The molecule has 0 spiro atoms. The molecule has 1 aliphatic heterocycles. The molecule has 0 aromatic heterocycles. The van der Waals surface area contributed by atoms with E-state index in [0.717, 1.165) is 14.0 Å². The van der Waals surface area contributed by atoms with Crippen LogP contribution in [0.2, 0.25) is 0 Å². The lowest BCUT2D eigenvalue weighted by molar-refractivity contribution is -0.337. The molecule has 1 aliphatic rings. The zero-order valence-electron chi connectivity index (χ0n) is 14.8. The largest absolute Gasteiger partial charge is 0.408 e. The molecule has 1 heterocycles. The second kappa shape index (κ2) is 7.01. The molecule has 0 bridgehead atoms. The van der Waals surface area contributed by atoms with Crippen molar-refractivity contribution in [3.63, 3.8) is 0 Å². The van der Waals surface area contributed by atoms with Gasteiger partial charge in [-0.1, -0.05) is 6.92 Å². The highest BCUT2D eigenvalue weighted by atomic mass is 19.3. The van der Waals surface area contributed by atoms with Gasteiger partial charge < -0.3 is 9.47 Å². The normalized spacial score (nSPS) is 33.4. The van der Waals surface area contributed by atoms with Gasteiger partial charge in [-0.3, -0.25) is 4.74 Å². The van der Waals surface area contributed by atoms with E-state index in [2.05, 4.69) is 9.47 Å². The summed E-state index contributed by atoms with van der Waals surface area (Å²) in [7, 11) is 0.940. The number of rotatable bonds is 10. The van der Waals surface area contributed by atoms with Crippen LogP contribution in [0.4, 0.5) is 22.0 Å². The van der Waals surface area contributed by atoms with Gasteiger partial charge in [-0.15, -0.1) is 0 Å². The molecule has 5 atom stereocenters. The highest BCUT2D eigenvalue weighted by Gasteiger charge is 2.88. The van der Waals surface area contributed by atoms with Crippen LogP contribution in [0, 0.1) is 0 Å². The van der Waals surface area contributed by atoms with Gasteiger partial charge in [0.05, 0.1) is 18.6 Å². The van der Waals surface area contributed by atoms with Gasteiger partial charge in [0.15, 0.2) is 5.72 Å². The molecular weight excluding hydrogens is 337 g/mol. The number of nitrogens with zero attached hydrogens (tertiary/aromatic N) is 1. The van der Waals surface area contributed by atoms with E-state index in [1.54, 1.807) is 13.8 Å². The monoisotopic (exact) mass is 363 g/mol. The zero-order valence-corrected chi connectivity index (χ0v) is 14.8. The summed E-state index contributed by atoms with van der Waals surface area (Å²) in [6.07, 6.45) is -10.6. The van der Waals surface area contributed by atoms with Crippen molar-refractivity contribution in [2.75, 3.05) is 13.7 Å². The minimum Gasteiger partial charge on any atom is -0.378 e. The maximum Gasteiger partial charge on any atom is 0.408 e. The molecule has 0 aliphatic carbocycles. The first-order chi connectivity index (χ1) is 10.8. The average Bonchev–Trinajstić information content (AvgIpc) is 2.84. The van der Waals surface area contributed by atoms with E-state index >= 15 is 0 Å². The van der Waals surface area contributed by atoms with Crippen molar-refractivity contribution in [2.45, 2.75) is 83.4 Å². The van der Waals surface area contributed by atoms with Crippen LogP contribution in [0.25, 0.3) is 0 Å². The quantitative estimate of drug-likeness (QED) is 0.332. The Kier molecular flexibility index (Phi) is 6.29. The molecule has 144 valence electrons. The molecule has 0 amide bonds. The Morgan fingerprint density at radius 3 is 2.08 bits per heavy atom. The fourth-order valence-corrected chi connectivity index (χ4v) is 2.60. The molecule has 9 heteroatoms. The van der Waals surface area contributed by atoms with Crippen molar-refractivity contribution < 1.29 is 36.2 Å². The average molecular weight is 363 g/mol. The Bertz CT molecular complexity index is 439. The Balaban J connectivity index is 2.88. The van der Waals surface area contributed by atoms with Crippen LogP contribution in [-0.4, -0.2) is 54.5 Å². The molecule has 0 saturated carbocycles. The van der Waals surface area contributed by atoms with Gasteiger partial charge in [-0.25, -0.2) is 9.29 Å². The van der Waals surface area contributed by atoms with E-state index in [1.165, 1.54) is 13.8 Å². The van der Waals surface area contributed by atoms with Crippen LogP contribution in [0.15, 0.2) is 0 Å². The summed E-state index contributed by atoms with van der Waals surface area (Å²) >= 11 is 0. The van der Waals surface area contributed by atoms with Crippen LogP contribution in [0.5, 0.6) is 0 Å². The van der Waals surface area contributed by atoms with Crippen molar-refractivity contribution in [3.05, 3.63) is 0 Å². The SMILES string of the molecule is CCOC(C)CC(F)(F)OC1(C)N(C)C1(F)C(F)(F)OC(C)CC. The van der Waals surface area contributed by atoms with Gasteiger partial charge in [-0.05, 0) is 41.2 Å². The third kappa shape index (κ3) is 3.84. The van der Waals surface area contributed by atoms with Gasteiger partial charge in [-0.2, -0.15) is 17.6 Å². The van der Waals surface area contributed by atoms with Gasteiger partial charge in [0.1, 0.15) is 0 Å². The predicted molar refractivity (Wildman–Crippen MR) is 77.5 cm³/mol. The standard InChI is InChI=1S/C15H26F5NO3/c1-7-10(3)23-15(19,20)14(18)12(5,21(14)6)24-13(16,17)9-11(4)22-8-2/h10-11H,7-9H2,1-6H3. The summed E-state index contributed by atoms with van der Waals surface area (Å²) < 4.78 is 84.9. The number of hydrogen-bond acceptors (Lipinski definition) is 4. The van der Waals surface area contributed by atoms with Crippen LogP contribution < -0.4 is 0 Å². The first-order valence-corrected chi connectivity index (χ1v) is 7.95. The van der Waals surface area contributed by atoms with Crippen LogP contribution >= 0.6 is 0 Å². The summed E-state index contributed by atoms with van der Waals surface area (Å²) in [6, 6.07) is 0. The van der Waals surface area contributed by atoms with Crippen LogP contribution in [0.1, 0.15) is 47.5 Å². The van der Waals surface area contributed by atoms with Crippen LogP contribution in [-0.2, 0) is 14.2 Å². The molecular formula is C15H26F5NO3. The maximum atomic E-state index is 14.8. The smallest absolute Gasteiger partial charge is 0.378 e. The van der Waals surface area contributed by atoms with Gasteiger partial charge in [0, 0.05) is 6.61 Å². The zero-order chi connectivity index (χ0) is 19.0. The highest BCUT2D eigenvalue weighted by molar-refractivity contribution is 5.18. The summed E-state index contributed by atoms with van der Waals surface area (Å²) in [6.45, 7) is 7.01. The van der Waals surface area contributed by atoms with Crippen molar-refractivity contribution in [1.82, 2.24) is 4.90 Å². The van der Waals surface area contributed by atoms with Gasteiger partial charge in [0.25, 0.3) is 5.79 Å². The lowest BCUT2D eigenvalue weighted by Crippen LogP contribution is -2.46. The molecule has 0 aromatic carbocycles. The number of hydrogen-bond donors (Lipinski definition) is 0. The summed E-state index contributed by atoms with van der Waals surface area (Å²) in [5.41, 5.74) is -2.51. The lowest BCUT2D eigenvalue weighted by atomic mass is 10.2. The Hall–Kier alpha value is -0.510. The topological polar surface area (TPSA) is 30.7 Å². The van der Waals surface area contributed by atoms with E-state index in [1.807, 2.05) is 0 Å². The molecule has 0 radical (unpaired) electrons. The molecule has 24 heavy (non-hydrogen) atoms. The Labute approximate surface area is 139 Å².